The third-order valence-electron chi connectivity index (χ3n) is 4.09. The maximum atomic E-state index is 10.5. The molecule has 0 aliphatic carbocycles. The van der Waals surface area contributed by atoms with Crippen LogP contribution in [0.5, 0.6) is 5.75 Å². The molecule has 142 valence electrons. The molecule has 0 aliphatic rings. The Morgan fingerprint density at radius 1 is 1.00 bits per heavy atom. The van der Waals surface area contributed by atoms with Gasteiger partial charge in [0.25, 0.3) is 0 Å². The van der Waals surface area contributed by atoms with Crippen molar-refractivity contribution in [3.8, 4) is 16.9 Å². The molecule has 0 aromatic heterocycles. The summed E-state index contributed by atoms with van der Waals surface area (Å²) >= 11 is 0. The lowest BCUT2D eigenvalue weighted by Gasteiger charge is -2.12. The largest absolute Gasteiger partial charge is 0.488 e. The highest BCUT2D eigenvalue weighted by molar-refractivity contribution is 5.85. The van der Waals surface area contributed by atoms with E-state index in [1.54, 1.807) is 0 Å². The maximum absolute atomic E-state index is 10.5. The van der Waals surface area contributed by atoms with Crippen molar-refractivity contribution < 1.29 is 19.5 Å². The summed E-state index contributed by atoms with van der Waals surface area (Å²) in [7, 11) is 0. The molecule has 0 atom stereocenters. The highest BCUT2D eigenvalue weighted by Crippen LogP contribution is 2.27. The van der Waals surface area contributed by atoms with E-state index >= 15 is 0 Å². The van der Waals surface area contributed by atoms with Crippen LogP contribution in [0.3, 0.4) is 0 Å². The molecule has 0 saturated carbocycles. The van der Waals surface area contributed by atoms with Crippen LogP contribution >= 0.6 is 0 Å². The Hall–Kier alpha value is -3.60. The summed E-state index contributed by atoms with van der Waals surface area (Å²) in [4.78, 5) is 15.3. The Balaban J connectivity index is 1.83. The molecule has 28 heavy (non-hydrogen) atoms. The Morgan fingerprint density at radius 2 is 1.75 bits per heavy atom. The number of aliphatic carboxylic acids is 1. The number of ether oxygens (including phenoxy) is 1. The number of hydrogen-bond donors (Lipinski definition) is 1. The van der Waals surface area contributed by atoms with Crippen molar-refractivity contribution in [3.05, 3.63) is 89.5 Å². The summed E-state index contributed by atoms with van der Waals surface area (Å²) in [6, 6.07) is 23.9. The van der Waals surface area contributed by atoms with Crippen LogP contribution in [0.2, 0.25) is 0 Å². The Morgan fingerprint density at radius 3 is 2.46 bits per heavy atom. The minimum absolute atomic E-state index is 0.412. The highest BCUT2D eigenvalue weighted by atomic mass is 16.6. The molecule has 5 nitrogen and oxygen atoms in total. The quantitative estimate of drug-likeness (QED) is 0.459. The van der Waals surface area contributed by atoms with E-state index in [2.05, 4.69) is 5.16 Å². The van der Waals surface area contributed by atoms with Crippen molar-refractivity contribution in [2.24, 2.45) is 5.16 Å². The summed E-state index contributed by atoms with van der Waals surface area (Å²) in [6.45, 7) is 1.97. The summed E-state index contributed by atoms with van der Waals surface area (Å²) < 4.78 is 6.04. The second kappa shape index (κ2) is 9.37. The number of nitrogens with zero attached hydrogens (tertiary/aromatic N) is 1. The molecular weight excluding hydrogens is 354 g/mol. The first-order chi connectivity index (χ1) is 13.6. The molecule has 3 rings (SSSR count). The standard InChI is InChI=1S/C23H21NO4/c1-17-7-9-18(10-8-17)15-27-22-13-20(19-5-3-2-4-6-19)11-12-21(22)14-24-28-16-23(25)26/h2-14H,15-16H2,1H3,(H,25,26)/b24-14+. The summed E-state index contributed by atoms with van der Waals surface area (Å²) in [6.07, 6.45) is 1.46. The lowest BCUT2D eigenvalue weighted by molar-refractivity contribution is -0.142. The number of benzene rings is 3. The molecule has 3 aromatic carbocycles. The van der Waals surface area contributed by atoms with Gasteiger partial charge in [-0.15, -0.1) is 0 Å². The Bertz CT molecular complexity index is 950. The number of carboxylic acids is 1. The van der Waals surface area contributed by atoms with Crippen LogP contribution in [0.15, 0.2) is 78.0 Å². The van der Waals surface area contributed by atoms with Gasteiger partial charge in [0, 0.05) is 5.56 Å². The van der Waals surface area contributed by atoms with E-state index in [1.807, 2.05) is 79.7 Å². The predicted octanol–water partition coefficient (Wildman–Crippen LogP) is 4.68. The monoisotopic (exact) mass is 375 g/mol. The Kier molecular flexibility index (Phi) is 6.41. The van der Waals surface area contributed by atoms with Gasteiger partial charge >= 0.3 is 5.97 Å². The first-order valence-electron chi connectivity index (χ1n) is 8.87. The molecule has 0 radical (unpaired) electrons. The normalized spacial score (nSPS) is 10.8. The molecule has 0 aliphatic heterocycles. The van der Waals surface area contributed by atoms with Gasteiger partial charge in [-0.05, 0) is 35.7 Å². The average molecular weight is 375 g/mol. The smallest absolute Gasteiger partial charge is 0.344 e. The van der Waals surface area contributed by atoms with Gasteiger partial charge in [0.05, 0.1) is 6.21 Å². The van der Waals surface area contributed by atoms with Crippen LogP contribution in [0.1, 0.15) is 16.7 Å². The molecule has 0 fully saturated rings. The number of aryl methyl sites for hydroxylation is 1. The molecule has 0 saturated heterocycles. The van der Waals surface area contributed by atoms with Gasteiger partial charge in [-0.1, -0.05) is 71.4 Å². The molecule has 0 bridgehead atoms. The zero-order chi connectivity index (χ0) is 19.8. The molecule has 1 N–H and O–H groups in total. The SMILES string of the molecule is Cc1ccc(COc2cc(-c3ccccc3)ccc2/C=N/OCC(=O)O)cc1. The first kappa shape index (κ1) is 19.2. The first-order valence-corrected chi connectivity index (χ1v) is 8.87. The van der Waals surface area contributed by atoms with Crippen LogP contribution in [0.25, 0.3) is 11.1 Å². The zero-order valence-corrected chi connectivity index (χ0v) is 15.5. The van der Waals surface area contributed by atoms with Crippen molar-refractivity contribution in [1.82, 2.24) is 0 Å². The zero-order valence-electron chi connectivity index (χ0n) is 15.5. The minimum atomic E-state index is -1.08. The second-order valence-corrected chi connectivity index (χ2v) is 6.29. The number of carbonyl (C=O) groups is 1. The van der Waals surface area contributed by atoms with E-state index < -0.39 is 12.6 Å². The molecule has 0 unspecified atom stereocenters. The van der Waals surface area contributed by atoms with Gasteiger partial charge in [0.1, 0.15) is 12.4 Å². The molecule has 3 aromatic rings. The van der Waals surface area contributed by atoms with Crippen LogP contribution in [0.4, 0.5) is 0 Å². The van der Waals surface area contributed by atoms with Gasteiger partial charge in [-0.3, -0.25) is 0 Å². The maximum Gasteiger partial charge on any atom is 0.344 e. The van der Waals surface area contributed by atoms with Gasteiger partial charge in [-0.2, -0.15) is 0 Å². The fourth-order valence-electron chi connectivity index (χ4n) is 2.61. The third kappa shape index (κ3) is 5.45. The fraction of sp³-hybridized carbons (Fsp3) is 0.130. The number of rotatable bonds is 8. The van der Waals surface area contributed by atoms with Gasteiger partial charge < -0.3 is 14.7 Å². The van der Waals surface area contributed by atoms with E-state index in [9.17, 15) is 4.79 Å². The van der Waals surface area contributed by atoms with Gasteiger partial charge in [0.15, 0.2) is 0 Å². The lowest BCUT2D eigenvalue weighted by Crippen LogP contribution is -2.03. The van der Waals surface area contributed by atoms with E-state index in [4.69, 9.17) is 14.7 Å². The van der Waals surface area contributed by atoms with Crippen molar-refractivity contribution >= 4 is 12.2 Å². The summed E-state index contributed by atoms with van der Waals surface area (Å²) in [5, 5.41) is 12.4. The van der Waals surface area contributed by atoms with E-state index in [1.165, 1.54) is 11.8 Å². The number of oxime groups is 1. The van der Waals surface area contributed by atoms with Crippen LogP contribution in [-0.4, -0.2) is 23.9 Å². The van der Waals surface area contributed by atoms with E-state index in [0.717, 1.165) is 16.7 Å². The van der Waals surface area contributed by atoms with Crippen molar-refractivity contribution in [2.45, 2.75) is 13.5 Å². The third-order valence-corrected chi connectivity index (χ3v) is 4.09. The topological polar surface area (TPSA) is 68.1 Å². The lowest BCUT2D eigenvalue weighted by atomic mass is 10.0. The van der Waals surface area contributed by atoms with Crippen LogP contribution in [0, 0.1) is 6.92 Å². The van der Waals surface area contributed by atoms with E-state index in [0.29, 0.717) is 17.9 Å². The van der Waals surface area contributed by atoms with E-state index in [-0.39, 0.29) is 0 Å². The van der Waals surface area contributed by atoms with Crippen LogP contribution in [-0.2, 0) is 16.2 Å². The summed E-state index contributed by atoms with van der Waals surface area (Å²) in [5.41, 5.74) is 5.05. The second-order valence-electron chi connectivity index (χ2n) is 6.29. The average Bonchev–Trinajstić information content (AvgIpc) is 2.72. The molecule has 0 spiro atoms. The summed E-state index contributed by atoms with van der Waals surface area (Å²) in [5.74, 6) is -0.433. The minimum Gasteiger partial charge on any atom is -0.488 e. The number of carboxylic acid groups (broad SMARTS) is 1. The number of hydrogen-bond acceptors (Lipinski definition) is 4. The fourth-order valence-corrected chi connectivity index (χ4v) is 2.61. The van der Waals surface area contributed by atoms with Crippen molar-refractivity contribution in [2.75, 3.05) is 6.61 Å². The predicted molar refractivity (Wildman–Crippen MR) is 109 cm³/mol. The molecule has 5 heteroatoms. The molecule has 0 amide bonds. The van der Waals surface area contributed by atoms with Crippen molar-refractivity contribution in [1.29, 1.82) is 0 Å². The van der Waals surface area contributed by atoms with Crippen molar-refractivity contribution in [3.63, 3.8) is 0 Å². The van der Waals surface area contributed by atoms with Gasteiger partial charge in [-0.25, -0.2) is 4.79 Å². The van der Waals surface area contributed by atoms with Crippen LogP contribution < -0.4 is 4.74 Å². The highest BCUT2D eigenvalue weighted by Gasteiger charge is 2.07. The Labute approximate surface area is 163 Å². The molecule has 0 heterocycles. The van der Waals surface area contributed by atoms with Gasteiger partial charge in [0.2, 0.25) is 6.61 Å². The molecular formula is C23H21NO4.